The van der Waals surface area contributed by atoms with Gasteiger partial charge in [-0.25, -0.2) is 0 Å². The minimum atomic E-state index is -0.831. The van der Waals surface area contributed by atoms with Crippen LogP contribution < -0.4 is 10.2 Å². The molecule has 1 unspecified atom stereocenters. The quantitative estimate of drug-likeness (QED) is 0.901. The third-order valence-corrected chi connectivity index (χ3v) is 4.36. The van der Waals surface area contributed by atoms with Gasteiger partial charge in [0.25, 0.3) is 5.91 Å². The molecule has 2 rings (SSSR count). The number of anilines is 1. The molecule has 1 N–H and O–H groups in total. The molecule has 1 aliphatic heterocycles. The van der Waals surface area contributed by atoms with Crippen LogP contribution in [0.4, 0.5) is 5.69 Å². The predicted octanol–water partition coefficient (Wildman–Crippen LogP) is 2.78. The van der Waals surface area contributed by atoms with Crippen molar-refractivity contribution < 1.29 is 9.59 Å². The molecule has 20 heavy (non-hydrogen) atoms. The van der Waals surface area contributed by atoms with Crippen molar-refractivity contribution in [3.63, 3.8) is 0 Å². The summed E-state index contributed by atoms with van der Waals surface area (Å²) in [5, 5.41) is 2.85. The van der Waals surface area contributed by atoms with Crippen molar-refractivity contribution in [1.82, 2.24) is 5.32 Å². The Morgan fingerprint density at radius 3 is 2.75 bits per heavy atom. The van der Waals surface area contributed by atoms with Crippen LogP contribution in [0.15, 0.2) is 22.7 Å². The lowest BCUT2D eigenvalue weighted by molar-refractivity contribution is -0.129. The molecular formula is C15H19BrN2O2. The molecule has 1 saturated heterocycles. The number of carbonyl (C=O) groups excluding carboxylic acids is 2. The van der Waals surface area contributed by atoms with Crippen LogP contribution in [-0.2, 0) is 9.59 Å². The number of nitrogens with zero attached hydrogens (tertiary/aromatic N) is 1. The standard InChI is InChI=1S/C15H19BrN2O2/c1-4-15(3)14(20)18(8-7-13(19)17-15)12-9-11(16)6-5-10(12)2/h5-6,9H,4,7-8H2,1-3H3,(H,17,19). The van der Waals surface area contributed by atoms with E-state index in [0.717, 1.165) is 15.7 Å². The molecule has 0 aromatic heterocycles. The first-order valence-corrected chi connectivity index (χ1v) is 7.56. The van der Waals surface area contributed by atoms with Crippen molar-refractivity contribution in [1.29, 1.82) is 0 Å². The molecule has 5 heteroatoms. The molecule has 0 aliphatic carbocycles. The summed E-state index contributed by atoms with van der Waals surface area (Å²) < 4.78 is 0.924. The molecule has 0 saturated carbocycles. The first-order chi connectivity index (χ1) is 9.37. The van der Waals surface area contributed by atoms with E-state index in [9.17, 15) is 9.59 Å². The van der Waals surface area contributed by atoms with Gasteiger partial charge in [0, 0.05) is 23.1 Å². The third-order valence-electron chi connectivity index (χ3n) is 3.86. The number of amides is 2. The lowest BCUT2D eigenvalue weighted by Gasteiger charge is -2.32. The number of rotatable bonds is 2. The zero-order valence-corrected chi connectivity index (χ0v) is 13.6. The maximum Gasteiger partial charge on any atom is 0.252 e. The van der Waals surface area contributed by atoms with Crippen molar-refractivity contribution in [3.8, 4) is 0 Å². The van der Waals surface area contributed by atoms with Crippen LogP contribution in [-0.4, -0.2) is 23.9 Å². The molecule has 0 spiro atoms. The summed E-state index contributed by atoms with van der Waals surface area (Å²) in [5.74, 6) is -0.120. The first-order valence-electron chi connectivity index (χ1n) is 6.76. The summed E-state index contributed by atoms with van der Waals surface area (Å²) in [7, 11) is 0. The van der Waals surface area contributed by atoms with E-state index < -0.39 is 5.54 Å². The summed E-state index contributed by atoms with van der Waals surface area (Å²) in [4.78, 5) is 26.4. The minimum Gasteiger partial charge on any atom is -0.342 e. The summed E-state index contributed by atoms with van der Waals surface area (Å²) in [6.07, 6.45) is 0.897. The number of hydrogen-bond donors (Lipinski definition) is 1. The lowest BCUT2D eigenvalue weighted by Crippen LogP contribution is -2.54. The van der Waals surface area contributed by atoms with Crippen molar-refractivity contribution in [2.24, 2.45) is 0 Å². The molecule has 108 valence electrons. The smallest absolute Gasteiger partial charge is 0.252 e. The third kappa shape index (κ3) is 2.73. The van der Waals surface area contributed by atoms with Gasteiger partial charge in [0.2, 0.25) is 5.91 Å². The van der Waals surface area contributed by atoms with Gasteiger partial charge in [-0.05, 0) is 38.0 Å². The van der Waals surface area contributed by atoms with Crippen LogP contribution >= 0.6 is 15.9 Å². The van der Waals surface area contributed by atoms with Crippen LogP contribution in [0.1, 0.15) is 32.3 Å². The van der Waals surface area contributed by atoms with E-state index in [1.807, 2.05) is 32.0 Å². The van der Waals surface area contributed by atoms with Gasteiger partial charge in [0.1, 0.15) is 5.54 Å². The molecule has 2 amide bonds. The minimum absolute atomic E-state index is 0.0490. The summed E-state index contributed by atoms with van der Waals surface area (Å²) in [6.45, 7) is 6.09. The summed E-state index contributed by atoms with van der Waals surface area (Å²) in [5.41, 5.74) is 1.05. The highest BCUT2D eigenvalue weighted by molar-refractivity contribution is 9.10. The highest BCUT2D eigenvalue weighted by Crippen LogP contribution is 2.29. The fourth-order valence-corrected chi connectivity index (χ4v) is 2.73. The van der Waals surface area contributed by atoms with Crippen molar-refractivity contribution in [2.75, 3.05) is 11.4 Å². The molecule has 1 aromatic rings. The Bertz CT molecular complexity index is 559. The Hall–Kier alpha value is -1.36. The molecule has 1 fully saturated rings. The van der Waals surface area contributed by atoms with E-state index in [2.05, 4.69) is 21.2 Å². The largest absolute Gasteiger partial charge is 0.342 e. The van der Waals surface area contributed by atoms with Crippen LogP contribution in [0.25, 0.3) is 0 Å². The molecular weight excluding hydrogens is 320 g/mol. The van der Waals surface area contributed by atoms with Gasteiger partial charge >= 0.3 is 0 Å². The molecule has 1 aliphatic rings. The second kappa shape index (κ2) is 5.56. The number of nitrogens with one attached hydrogen (secondary N) is 1. The fraction of sp³-hybridized carbons (Fsp3) is 0.467. The van der Waals surface area contributed by atoms with E-state index in [1.54, 1.807) is 11.8 Å². The molecule has 0 radical (unpaired) electrons. The van der Waals surface area contributed by atoms with Gasteiger partial charge in [-0.15, -0.1) is 0 Å². The van der Waals surface area contributed by atoms with Gasteiger partial charge in [-0.2, -0.15) is 0 Å². The maximum absolute atomic E-state index is 12.8. The Morgan fingerprint density at radius 2 is 2.10 bits per heavy atom. The molecule has 1 aromatic carbocycles. The van der Waals surface area contributed by atoms with Crippen molar-refractivity contribution in [2.45, 2.75) is 39.2 Å². The normalized spacial score (nSPS) is 23.5. The topological polar surface area (TPSA) is 49.4 Å². The number of benzene rings is 1. The second-order valence-electron chi connectivity index (χ2n) is 5.37. The number of hydrogen-bond acceptors (Lipinski definition) is 2. The SMILES string of the molecule is CCC1(C)NC(=O)CCN(c2cc(Br)ccc2C)C1=O. The van der Waals surface area contributed by atoms with Gasteiger partial charge in [0.05, 0.1) is 0 Å². The Kier molecular flexibility index (Phi) is 4.18. The second-order valence-corrected chi connectivity index (χ2v) is 6.29. The Morgan fingerprint density at radius 1 is 1.40 bits per heavy atom. The van der Waals surface area contributed by atoms with E-state index in [0.29, 0.717) is 19.4 Å². The van der Waals surface area contributed by atoms with Gasteiger partial charge in [-0.1, -0.05) is 28.9 Å². The monoisotopic (exact) mass is 338 g/mol. The fourth-order valence-electron chi connectivity index (χ4n) is 2.38. The van der Waals surface area contributed by atoms with E-state index in [1.165, 1.54) is 0 Å². The first kappa shape index (κ1) is 15.0. The summed E-state index contributed by atoms with van der Waals surface area (Å²) >= 11 is 3.44. The van der Waals surface area contributed by atoms with Crippen LogP contribution in [0, 0.1) is 6.92 Å². The summed E-state index contributed by atoms with van der Waals surface area (Å²) in [6, 6.07) is 5.85. The molecule has 1 heterocycles. The zero-order chi connectivity index (χ0) is 14.9. The predicted molar refractivity (Wildman–Crippen MR) is 82.7 cm³/mol. The lowest BCUT2D eigenvalue weighted by atomic mass is 9.96. The van der Waals surface area contributed by atoms with Gasteiger partial charge < -0.3 is 10.2 Å². The highest BCUT2D eigenvalue weighted by Gasteiger charge is 2.39. The van der Waals surface area contributed by atoms with E-state index in [4.69, 9.17) is 0 Å². The van der Waals surface area contributed by atoms with Gasteiger partial charge in [-0.3, -0.25) is 9.59 Å². The van der Waals surface area contributed by atoms with Crippen LogP contribution in [0.3, 0.4) is 0 Å². The zero-order valence-electron chi connectivity index (χ0n) is 12.0. The van der Waals surface area contributed by atoms with Crippen molar-refractivity contribution >= 4 is 33.4 Å². The van der Waals surface area contributed by atoms with Crippen LogP contribution in [0.5, 0.6) is 0 Å². The number of halogens is 1. The van der Waals surface area contributed by atoms with E-state index >= 15 is 0 Å². The molecule has 4 nitrogen and oxygen atoms in total. The molecule has 1 atom stereocenters. The average Bonchev–Trinajstić information content (AvgIpc) is 2.52. The van der Waals surface area contributed by atoms with Gasteiger partial charge in [0.15, 0.2) is 0 Å². The van der Waals surface area contributed by atoms with Crippen molar-refractivity contribution in [3.05, 3.63) is 28.2 Å². The maximum atomic E-state index is 12.8. The Labute approximate surface area is 127 Å². The highest BCUT2D eigenvalue weighted by atomic mass is 79.9. The van der Waals surface area contributed by atoms with E-state index in [-0.39, 0.29) is 11.8 Å². The van der Waals surface area contributed by atoms with Crippen LogP contribution in [0.2, 0.25) is 0 Å². The Balaban J connectivity index is 2.46. The number of carbonyl (C=O) groups is 2. The average molecular weight is 339 g/mol. The molecule has 0 bridgehead atoms. The number of aryl methyl sites for hydroxylation is 1.